The molecule has 2 atom stereocenters. The molecule has 7 aromatic rings. The summed E-state index contributed by atoms with van der Waals surface area (Å²) in [4.78, 5) is 15.1. The van der Waals surface area contributed by atoms with Gasteiger partial charge in [-0.1, -0.05) is 152 Å². The van der Waals surface area contributed by atoms with Crippen LogP contribution in [0.3, 0.4) is 0 Å². The van der Waals surface area contributed by atoms with Crippen molar-refractivity contribution in [3.05, 3.63) is 175 Å². The van der Waals surface area contributed by atoms with Crippen molar-refractivity contribution in [1.29, 1.82) is 0 Å². The van der Waals surface area contributed by atoms with Crippen LogP contribution in [0.5, 0.6) is 0 Å². The highest BCUT2D eigenvalue weighted by atomic mass is 16.3. The van der Waals surface area contributed by atoms with E-state index in [4.69, 9.17) is 19.4 Å². The Bertz CT molecular complexity index is 2340. The number of benzene rings is 5. The van der Waals surface area contributed by atoms with Crippen molar-refractivity contribution in [3.8, 4) is 34.2 Å². The topological polar surface area (TPSA) is 51.8 Å². The van der Waals surface area contributed by atoms with Gasteiger partial charge in [0, 0.05) is 44.9 Å². The summed E-state index contributed by atoms with van der Waals surface area (Å²) in [6.45, 7) is 0. The van der Waals surface area contributed by atoms with Gasteiger partial charge in [-0.2, -0.15) is 0 Å². The van der Waals surface area contributed by atoms with Crippen LogP contribution in [-0.2, 0) is 0 Å². The third kappa shape index (κ3) is 4.74. The molecule has 0 amide bonds. The Labute approximate surface area is 272 Å². The van der Waals surface area contributed by atoms with Gasteiger partial charge in [-0.25, -0.2) is 15.0 Å². The molecule has 2 aliphatic rings. The Morgan fingerprint density at radius 1 is 0.447 bits per heavy atom. The SMILES string of the molecule is C1=CC2C(c3ccccc3)=CC=C(c3ccc(-c4nc(-c5ccccc5)nc(-c5ccccc5)n4)c4c3oc3ccccc34)C2C=C1. The van der Waals surface area contributed by atoms with Crippen LogP contribution in [0.25, 0.3) is 67.2 Å². The fourth-order valence-corrected chi connectivity index (χ4v) is 6.96. The number of rotatable bonds is 5. The van der Waals surface area contributed by atoms with Crippen molar-refractivity contribution in [2.24, 2.45) is 11.8 Å². The van der Waals surface area contributed by atoms with Crippen molar-refractivity contribution >= 4 is 33.1 Å². The first-order valence-electron chi connectivity index (χ1n) is 16.0. The van der Waals surface area contributed by atoms with Gasteiger partial charge in [0.05, 0.1) is 0 Å². The third-order valence-corrected chi connectivity index (χ3v) is 9.18. The first kappa shape index (κ1) is 27.2. The Kier molecular flexibility index (Phi) is 6.57. The monoisotopic (exact) mass is 603 g/mol. The van der Waals surface area contributed by atoms with E-state index >= 15 is 0 Å². The largest absolute Gasteiger partial charge is 0.455 e. The number of aromatic nitrogens is 3. The number of para-hydroxylation sites is 1. The normalized spacial score (nSPS) is 17.0. The van der Waals surface area contributed by atoms with Gasteiger partial charge in [-0.05, 0) is 28.8 Å². The molecule has 2 aliphatic carbocycles. The summed E-state index contributed by atoms with van der Waals surface area (Å²) in [6.07, 6.45) is 13.5. The predicted molar refractivity (Wildman–Crippen MR) is 191 cm³/mol. The molecule has 47 heavy (non-hydrogen) atoms. The van der Waals surface area contributed by atoms with E-state index in [9.17, 15) is 0 Å². The first-order valence-corrected chi connectivity index (χ1v) is 16.0. The molecule has 2 heterocycles. The van der Waals surface area contributed by atoms with E-state index in [1.807, 2.05) is 72.8 Å². The van der Waals surface area contributed by atoms with Gasteiger partial charge in [0.1, 0.15) is 11.2 Å². The van der Waals surface area contributed by atoms with Gasteiger partial charge in [0.15, 0.2) is 17.5 Å². The average Bonchev–Trinajstić information content (AvgIpc) is 3.55. The minimum Gasteiger partial charge on any atom is -0.455 e. The molecule has 0 radical (unpaired) electrons. The molecule has 0 N–H and O–H groups in total. The number of nitrogens with zero attached hydrogens (tertiary/aromatic N) is 3. The highest BCUT2D eigenvalue weighted by Crippen LogP contribution is 2.48. The van der Waals surface area contributed by atoms with Crippen LogP contribution < -0.4 is 0 Å². The maximum absolute atomic E-state index is 6.75. The van der Waals surface area contributed by atoms with Crippen molar-refractivity contribution in [3.63, 3.8) is 0 Å². The lowest BCUT2D eigenvalue weighted by atomic mass is 9.71. The molecule has 0 saturated carbocycles. The first-order chi connectivity index (χ1) is 23.3. The summed E-state index contributed by atoms with van der Waals surface area (Å²) in [5.41, 5.74) is 9.36. The van der Waals surface area contributed by atoms with E-state index in [0.29, 0.717) is 17.5 Å². The molecule has 222 valence electrons. The second-order valence-corrected chi connectivity index (χ2v) is 11.9. The molecule has 0 saturated heterocycles. The number of fused-ring (bicyclic) bond motifs is 4. The molecule has 4 heteroatoms. The summed E-state index contributed by atoms with van der Waals surface area (Å²) in [5.74, 6) is 2.29. The van der Waals surface area contributed by atoms with Gasteiger partial charge in [-0.15, -0.1) is 0 Å². The lowest BCUT2D eigenvalue weighted by molar-refractivity contribution is 0.661. The van der Waals surface area contributed by atoms with Gasteiger partial charge in [-0.3, -0.25) is 0 Å². The van der Waals surface area contributed by atoms with E-state index in [1.54, 1.807) is 0 Å². The van der Waals surface area contributed by atoms with Gasteiger partial charge >= 0.3 is 0 Å². The van der Waals surface area contributed by atoms with E-state index in [2.05, 4.69) is 91.1 Å². The average molecular weight is 604 g/mol. The van der Waals surface area contributed by atoms with Crippen molar-refractivity contribution < 1.29 is 4.42 Å². The number of hydrogen-bond acceptors (Lipinski definition) is 4. The summed E-state index contributed by atoms with van der Waals surface area (Å²) in [7, 11) is 0. The molecule has 5 aromatic carbocycles. The minimum atomic E-state index is 0.175. The summed E-state index contributed by atoms with van der Waals surface area (Å²) < 4.78 is 6.75. The summed E-state index contributed by atoms with van der Waals surface area (Å²) in [5, 5.41) is 2.04. The van der Waals surface area contributed by atoms with Crippen molar-refractivity contribution in [2.45, 2.75) is 0 Å². The van der Waals surface area contributed by atoms with E-state index in [1.165, 1.54) is 16.7 Å². The fraction of sp³-hybridized carbons (Fsp3) is 0.0465. The van der Waals surface area contributed by atoms with Crippen LogP contribution >= 0.6 is 0 Å². The molecule has 9 rings (SSSR count). The van der Waals surface area contributed by atoms with Crippen LogP contribution in [0, 0.1) is 11.8 Å². The lowest BCUT2D eigenvalue weighted by Crippen LogP contribution is -2.19. The number of allylic oxidation sites excluding steroid dienone is 8. The maximum atomic E-state index is 6.75. The molecular formula is C43H29N3O. The maximum Gasteiger partial charge on any atom is 0.164 e. The molecular weight excluding hydrogens is 574 g/mol. The minimum absolute atomic E-state index is 0.175. The predicted octanol–water partition coefficient (Wildman–Crippen LogP) is 10.6. The molecule has 0 aliphatic heterocycles. The molecule has 4 nitrogen and oxygen atoms in total. The second-order valence-electron chi connectivity index (χ2n) is 11.9. The van der Waals surface area contributed by atoms with Crippen LogP contribution in [-0.4, -0.2) is 15.0 Å². The van der Waals surface area contributed by atoms with Crippen molar-refractivity contribution in [1.82, 2.24) is 15.0 Å². The number of furan rings is 1. The van der Waals surface area contributed by atoms with E-state index < -0.39 is 0 Å². The summed E-state index contributed by atoms with van der Waals surface area (Å²) in [6, 6.07) is 43.5. The van der Waals surface area contributed by atoms with E-state index in [-0.39, 0.29) is 11.8 Å². The van der Waals surface area contributed by atoms with Crippen LogP contribution in [0.15, 0.2) is 168 Å². The van der Waals surface area contributed by atoms with Gasteiger partial charge in [0.2, 0.25) is 0 Å². The third-order valence-electron chi connectivity index (χ3n) is 9.18. The number of hydrogen-bond donors (Lipinski definition) is 0. The zero-order valence-electron chi connectivity index (χ0n) is 25.5. The Morgan fingerprint density at radius 2 is 0.957 bits per heavy atom. The molecule has 2 aromatic heterocycles. The highest BCUT2D eigenvalue weighted by Gasteiger charge is 2.32. The fourth-order valence-electron chi connectivity index (χ4n) is 6.96. The van der Waals surface area contributed by atoms with Crippen LogP contribution in [0.2, 0.25) is 0 Å². The van der Waals surface area contributed by atoms with Crippen molar-refractivity contribution in [2.75, 3.05) is 0 Å². The molecule has 0 fully saturated rings. The van der Waals surface area contributed by atoms with E-state index in [0.717, 1.165) is 44.2 Å². The van der Waals surface area contributed by atoms with Gasteiger partial charge in [0.25, 0.3) is 0 Å². The zero-order valence-corrected chi connectivity index (χ0v) is 25.5. The molecule has 2 unspecified atom stereocenters. The Hall–Kier alpha value is -6.13. The molecule has 0 bridgehead atoms. The summed E-state index contributed by atoms with van der Waals surface area (Å²) >= 11 is 0. The van der Waals surface area contributed by atoms with Gasteiger partial charge < -0.3 is 4.42 Å². The lowest BCUT2D eigenvalue weighted by Gasteiger charge is -2.32. The zero-order chi connectivity index (χ0) is 31.2. The second kappa shape index (κ2) is 11.3. The van der Waals surface area contributed by atoms with Crippen LogP contribution in [0.4, 0.5) is 0 Å². The quantitative estimate of drug-likeness (QED) is 0.196. The molecule has 0 spiro atoms. The Balaban J connectivity index is 1.28. The van der Waals surface area contributed by atoms with Crippen LogP contribution in [0.1, 0.15) is 11.1 Å². The highest BCUT2D eigenvalue weighted by molar-refractivity contribution is 6.15. The smallest absolute Gasteiger partial charge is 0.164 e. The Morgan fingerprint density at radius 3 is 1.62 bits per heavy atom. The standard InChI is InChI=1S/C43H29N3O/c1-4-14-28(15-5-1)31-24-25-34(33-21-11-10-20-32(31)33)35-26-27-37(39-36-22-12-13-23-38(36)47-40(35)39)43-45-41(29-16-6-2-7-17-29)44-42(46-43)30-18-8-3-9-19-30/h1-27,32-33H.